The van der Waals surface area contributed by atoms with Gasteiger partial charge in [-0.25, -0.2) is 0 Å². The van der Waals surface area contributed by atoms with Gasteiger partial charge in [0.2, 0.25) is 0 Å². The lowest BCUT2D eigenvalue weighted by Crippen LogP contribution is -2.28. The lowest BCUT2D eigenvalue weighted by atomic mass is 9.93. The Hall–Kier alpha value is -2.48. The molecule has 120 valence electrons. The molecule has 5 heteroatoms. The van der Waals surface area contributed by atoms with Gasteiger partial charge in [0.25, 0.3) is 0 Å². The Morgan fingerprint density at radius 1 is 1.09 bits per heavy atom. The van der Waals surface area contributed by atoms with Crippen LogP contribution in [0.3, 0.4) is 0 Å². The van der Waals surface area contributed by atoms with Crippen molar-refractivity contribution in [2.75, 3.05) is 0 Å². The summed E-state index contributed by atoms with van der Waals surface area (Å²) in [6.07, 6.45) is -4.02. The van der Waals surface area contributed by atoms with Crippen molar-refractivity contribution < 1.29 is 17.9 Å². The monoisotopic (exact) mass is 319 g/mol. The van der Waals surface area contributed by atoms with Gasteiger partial charge in [-0.1, -0.05) is 37.3 Å². The van der Waals surface area contributed by atoms with Crippen LogP contribution < -0.4 is 4.74 Å². The third-order valence-corrected chi connectivity index (χ3v) is 3.82. The predicted octanol–water partition coefficient (Wildman–Crippen LogP) is 5.28. The summed E-state index contributed by atoms with van der Waals surface area (Å²) in [5.74, 6) is 0.0875. The van der Waals surface area contributed by atoms with E-state index >= 15 is 0 Å². The van der Waals surface area contributed by atoms with Crippen LogP contribution in [0.15, 0.2) is 48.5 Å². The van der Waals surface area contributed by atoms with Crippen molar-refractivity contribution in [1.29, 1.82) is 5.26 Å². The highest BCUT2D eigenvalue weighted by atomic mass is 19.4. The first-order chi connectivity index (χ1) is 10.8. The third kappa shape index (κ3) is 3.65. The van der Waals surface area contributed by atoms with E-state index in [2.05, 4.69) is 0 Å². The van der Waals surface area contributed by atoms with Crippen LogP contribution in [-0.4, -0.2) is 0 Å². The molecule has 0 saturated heterocycles. The number of benzene rings is 2. The molecule has 0 N–H and O–H groups in total. The number of halogens is 3. The standard InChI is InChI=1S/C18H16F3NO/c1-3-17(2,14-7-5-4-6-8-14)23-15-10-9-13(12-22)16(11-15)18(19,20)21/h4-11H,3H2,1-2H3. The second-order valence-electron chi connectivity index (χ2n) is 5.37. The fourth-order valence-corrected chi connectivity index (χ4v) is 2.30. The molecule has 2 aromatic rings. The minimum absolute atomic E-state index is 0.0875. The summed E-state index contributed by atoms with van der Waals surface area (Å²) >= 11 is 0. The first-order valence-electron chi connectivity index (χ1n) is 7.16. The minimum atomic E-state index is -4.60. The molecule has 0 spiro atoms. The van der Waals surface area contributed by atoms with Crippen molar-refractivity contribution in [2.45, 2.75) is 32.0 Å². The van der Waals surface area contributed by atoms with Crippen molar-refractivity contribution in [2.24, 2.45) is 0 Å². The van der Waals surface area contributed by atoms with Crippen molar-refractivity contribution in [3.63, 3.8) is 0 Å². The highest BCUT2D eigenvalue weighted by Gasteiger charge is 2.35. The quantitative estimate of drug-likeness (QED) is 0.768. The van der Waals surface area contributed by atoms with E-state index in [-0.39, 0.29) is 5.75 Å². The van der Waals surface area contributed by atoms with E-state index in [0.29, 0.717) is 6.42 Å². The zero-order valence-corrected chi connectivity index (χ0v) is 12.8. The normalized spacial score (nSPS) is 13.9. The molecule has 0 saturated carbocycles. The Morgan fingerprint density at radius 2 is 1.74 bits per heavy atom. The van der Waals surface area contributed by atoms with E-state index in [1.807, 2.05) is 44.2 Å². The number of nitriles is 1. The van der Waals surface area contributed by atoms with Crippen LogP contribution in [0.1, 0.15) is 37.0 Å². The molecule has 2 rings (SSSR count). The van der Waals surface area contributed by atoms with Crippen LogP contribution in [0.2, 0.25) is 0 Å². The first kappa shape index (κ1) is 16.9. The molecule has 0 aromatic heterocycles. The molecular weight excluding hydrogens is 303 g/mol. The Bertz CT molecular complexity index is 719. The molecule has 2 nitrogen and oxygen atoms in total. The summed E-state index contributed by atoms with van der Waals surface area (Å²) in [5, 5.41) is 8.84. The summed E-state index contributed by atoms with van der Waals surface area (Å²) in [4.78, 5) is 0. The van der Waals surface area contributed by atoms with E-state index in [4.69, 9.17) is 10.00 Å². The molecule has 0 amide bonds. The van der Waals surface area contributed by atoms with Crippen LogP contribution in [0, 0.1) is 11.3 Å². The largest absolute Gasteiger partial charge is 0.483 e. The van der Waals surface area contributed by atoms with Gasteiger partial charge in [-0.3, -0.25) is 0 Å². The molecule has 0 radical (unpaired) electrons. The predicted molar refractivity (Wildman–Crippen MR) is 80.9 cm³/mol. The fraction of sp³-hybridized carbons (Fsp3) is 0.278. The van der Waals surface area contributed by atoms with Gasteiger partial charge < -0.3 is 4.74 Å². The number of alkyl halides is 3. The zero-order chi connectivity index (χ0) is 17.1. The Morgan fingerprint density at radius 3 is 2.26 bits per heavy atom. The summed E-state index contributed by atoms with van der Waals surface area (Å²) in [5.41, 5.74) is -1.27. The summed E-state index contributed by atoms with van der Waals surface area (Å²) in [7, 11) is 0. The van der Waals surface area contributed by atoms with Gasteiger partial charge in [0.15, 0.2) is 0 Å². The van der Waals surface area contributed by atoms with Crippen LogP contribution in [0.4, 0.5) is 13.2 Å². The lowest BCUT2D eigenvalue weighted by molar-refractivity contribution is -0.138. The number of rotatable bonds is 4. The average molecular weight is 319 g/mol. The summed E-state index contributed by atoms with van der Waals surface area (Å²) in [6.45, 7) is 3.73. The van der Waals surface area contributed by atoms with Crippen molar-refractivity contribution in [3.05, 3.63) is 65.2 Å². The first-order valence-corrected chi connectivity index (χ1v) is 7.16. The van der Waals surface area contributed by atoms with Gasteiger partial charge in [0.1, 0.15) is 11.4 Å². The topological polar surface area (TPSA) is 33.0 Å². The maximum Gasteiger partial charge on any atom is 0.417 e. The third-order valence-electron chi connectivity index (χ3n) is 3.82. The molecule has 0 fully saturated rings. The van der Waals surface area contributed by atoms with Gasteiger partial charge in [-0.2, -0.15) is 18.4 Å². The molecule has 23 heavy (non-hydrogen) atoms. The summed E-state index contributed by atoms with van der Waals surface area (Å²) in [6, 6.07) is 14.3. The van der Waals surface area contributed by atoms with E-state index in [9.17, 15) is 13.2 Å². The minimum Gasteiger partial charge on any atom is -0.483 e. The number of nitrogens with zero attached hydrogens (tertiary/aromatic N) is 1. The SMILES string of the molecule is CCC(C)(Oc1ccc(C#N)c(C(F)(F)F)c1)c1ccccc1. The highest BCUT2D eigenvalue weighted by molar-refractivity contribution is 5.44. The smallest absolute Gasteiger partial charge is 0.417 e. The van der Waals surface area contributed by atoms with Gasteiger partial charge in [-0.05, 0) is 37.1 Å². The van der Waals surface area contributed by atoms with Gasteiger partial charge in [-0.15, -0.1) is 0 Å². The Balaban J connectivity index is 2.42. The van der Waals surface area contributed by atoms with Crippen molar-refractivity contribution in [1.82, 2.24) is 0 Å². The fourth-order valence-electron chi connectivity index (χ4n) is 2.30. The van der Waals surface area contributed by atoms with E-state index < -0.39 is 22.9 Å². The lowest BCUT2D eigenvalue weighted by Gasteiger charge is -2.30. The van der Waals surface area contributed by atoms with Crippen molar-refractivity contribution in [3.8, 4) is 11.8 Å². The molecule has 1 atom stereocenters. The van der Waals surface area contributed by atoms with Crippen LogP contribution in [-0.2, 0) is 11.8 Å². The van der Waals surface area contributed by atoms with Gasteiger partial charge >= 0.3 is 6.18 Å². The zero-order valence-electron chi connectivity index (χ0n) is 12.8. The molecule has 2 aromatic carbocycles. The second-order valence-corrected chi connectivity index (χ2v) is 5.37. The molecule has 0 aliphatic carbocycles. The molecular formula is C18H16F3NO. The van der Waals surface area contributed by atoms with Gasteiger partial charge in [0.05, 0.1) is 17.2 Å². The molecule has 0 bridgehead atoms. The van der Waals surface area contributed by atoms with E-state index in [1.54, 1.807) is 6.07 Å². The van der Waals surface area contributed by atoms with Gasteiger partial charge in [0, 0.05) is 0 Å². The maximum atomic E-state index is 13.0. The molecule has 1 unspecified atom stereocenters. The van der Waals surface area contributed by atoms with Crippen LogP contribution in [0.5, 0.6) is 5.75 Å². The number of hydrogen-bond acceptors (Lipinski definition) is 2. The molecule has 0 aliphatic heterocycles. The molecule has 0 heterocycles. The average Bonchev–Trinajstić information content (AvgIpc) is 2.54. The summed E-state index contributed by atoms with van der Waals surface area (Å²) < 4.78 is 45.0. The van der Waals surface area contributed by atoms with E-state index in [0.717, 1.165) is 17.7 Å². The Kier molecular flexibility index (Phi) is 4.65. The molecule has 0 aliphatic rings. The highest BCUT2D eigenvalue weighted by Crippen LogP contribution is 2.37. The number of hydrogen-bond donors (Lipinski definition) is 0. The van der Waals surface area contributed by atoms with Crippen LogP contribution in [0.25, 0.3) is 0 Å². The van der Waals surface area contributed by atoms with E-state index in [1.165, 1.54) is 6.07 Å². The van der Waals surface area contributed by atoms with Crippen molar-refractivity contribution >= 4 is 0 Å². The van der Waals surface area contributed by atoms with Crippen LogP contribution >= 0.6 is 0 Å². The maximum absolute atomic E-state index is 13.0. The number of ether oxygens (including phenoxy) is 1. The Labute approximate surface area is 133 Å². The second kappa shape index (κ2) is 6.33.